The summed E-state index contributed by atoms with van der Waals surface area (Å²) in [7, 11) is 2.28. The van der Waals surface area contributed by atoms with E-state index in [0.717, 1.165) is 35.4 Å². The first-order valence-electron chi connectivity index (χ1n) is 15.2. The third kappa shape index (κ3) is 6.15. The largest absolute Gasteiger partial charge is 0.417 e. The molecule has 0 aliphatic carbocycles. The molecule has 2 heterocycles. The van der Waals surface area contributed by atoms with Crippen molar-refractivity contribution in [1.82, 2.24) is 19.1 Å². The molecule has 0 spiro atoms. The van der Waals surface area contributed by atoms with Gasteiger partial charge in [-0.2, -0.15) is 73.7 Å². The summed E-state index contributed by atoms with van der Waals surface area (Å²) in [4.78, 5) is 8.38. The summed E-state index contributed by atoms with van der Waals surface area (Å²) in [5.41, 5.74) is -14.4. The standard InChI is InChI=1S/C36H14F12N8/c1-55-29-25(53-31(55)15(11-49)12-50)9-22-21(27(29)19-5-3-17(33(37,38)39)7-23(19)35(43,44)45)10-26-30(56(2)32(54-26)16(13-51)14-52)28(22)20-6-4-18(34(40,41)42)8-24(20)36(46,47)48/h3-10H,1-2H3. The third-order valence-corrected chi connectivity index (χ3v) is 8.85. The Bertz CT molecular complexity index is 2750. The van der Waals surface area contributed by atoms with Gasteiger partial charge in [0.15, 0.2) is 22.1 Å². The van der Waals surface area contributed by atoms with Crippen molar-refractivity contribution in [2.45, 2.75) is 24.7 Å². The molecule has 0 saturated carbocycles. The SMILES string of the molecule is Cn1c(=C(C#N)C#N)nc2cc3c(-c4ccc(C(F)(F)F)cc4C(F)(F)F)c4c(cc3c(-c3ccc(C(F)(F)F)cc3C(F)(F)F)c21)nc(=C(C#N)C#N)n4C. The second-order valence-corrected chi connectivity index (χ2v) is 12.0. The van der Waals surface area contributed by atoms with E-state index >= 15 is 0 Å². The van der Waals surface area contributed by atoms with Crippen LogP contribution in [0.5, 0.6) is 0 Å². The van der Waals surface area contributed by atoms with Crippen molar-refractivity contribution >= 4 is 44.0 Å². The summed E-state index contributed by atoms with van der Waals surface area (Å²) in [5.74, 6) is 0. The van der Waals surface area contributed by atoms with Crippen LogP contribution >= 0.6 is 0 Å². The fourth-order valence-corrected chi connectivity index (χ4v) is 6.52. The number of imidazole rings is 2. The number of nitrogens with zero attached hydrogens (tertiary/aromatic N) is 8. The molecular formula is C36H14F12N8. The second-order valence-electron chi connectivity index (χ2n) is 12.0. The highest BCUT2D eigenvalue weighted by molar-refractivity contribution is 6.20. The number of aromatic nitrogens is 4. The molecule has 0 saturated heterocycles. The maximum absolute atomic E-state index is 14.8. The Morgan fingerprint density at radius 2 is 0.821 bits per heavy atom. The van der Waals surface area contributed by atoms with Crippen LogP contribution in [-0.4, -0.2) is 19.1 Å². The Morgan fingerprint density at radius 3 is 1.09 bits per heavy atom. The van der Waals surface area contributed by atoms with Crippen molar-refractivity contribution in [2.24, 2.45) is 14.1 Å². The monoisotopic (exact) mass is 786 g/mol. The summed E-state index contributed by atoms with van der Waals surface area (Å²) in [6.45, 7) is 0. The Morgan fingerprint density at radius 1 is 0.500 bits per heavy atom. The van der Waals surface area contributed by atoms with Crippen LogP contribution in [0.15, 0.2) is 48.5 Å². The lowest BCUT2D eigenvalue weighted by Crippen LogP contribution is -2.18. The van der Waals surface area contributed by atoms with Gasteiger partial charge < -0.3 is 9.13 Å². The zero-order chi connectivity index (χ0) is 41.4. The molecule has 0 bridgehead atoms. The van der Waals surface area contributed by atoms with Gasteiger partial charge in [-0.3, -0.25) is 0 Å². The summed E-state index contributed by atoms with van der Waals surface area (Å²) in [6.07, 6.45) is -21.6. The normalized spacial score (nSPS) is 12.4. The summed E-state index contributed by atoms with van der Waals surface area (Å²) in [5, 5.41) is 37.5. The Kier molecular flexibility index (Phi) is 8.82. The van der Waals surface area contributed by atoms with Gasteiger partial charge in [-0.15, -0.1) is 0 Å². The number of fused-ring (bicyclic) bond motifs is 3. The van der Waals surface area contributed by atoms with Crippen LogP contribution in [0.1, 0.15) is 22.3 Å². The highest BCUT2D eigenvalue weighted by Gasteiger charge is 2.41. The Balaban J connectivity index is 2.02. The van der Waals surface area contributed by atoms with Gasteiger partial charge in [0.1, 0.15) is 24.3 Å². The molecular weight excluding hydrogens is 772 g/mol. The first kappa shape index (κ1) is 38.7. The van der Waals surface area contributed by atoms with E-state index in [4.69, 9.17) is 0 Å². The molecule has 56 heavy (non-hydrogen) atoms. The Hall–Kier alpha value is -7.06. The number of hydrogen-bond acceptors (Lipinski definition) is 6. The van der Waals surface area contributed by atoms with E-state index in [1.165, 1.54) is 0 Å². The predicted octanol–water partition coefficient (Wildman–Crippen LogP) is 8.42. The molecule has 0 amide bonds. The van der Waals surface area contributed by atoms with Gasteiger partial charge in [0, 0.05) is 25.2 Å². The summed E-state index contributed by atoms with van der Waals surface area (Å²) >= 11 is 0. The highest BCUT2D eigenvalue weighted by Crippen LogP contribution is 2.50. The van der Waals surface area contributed by atoms with Gasteiger partial charge in [-0.25, -0.2) is 9.97 Å². The predicted molar refractivity (Wildman–Crippen MR) is 172 cm³/mol. The first-order valence-corrected chi connectivity index (χ1v) is 15.2. The fraction of sp³-hybridized carbons (Fsp3) is 0.167. The number of aryl methyl sites for hydroxylation is 2. The quantitative estimate of drug-likeness (QED) is 0.162. The van der Waals surface area contributed by atoms with E-state index in [0.29, 0.717) is 24.3 Å². The molecule has 0 unspecified atom stereocenters. The van der Waals surface area contributed by atoms with Crippen molar-refractivity contribution in [1.29, 1.82) is 21.0 Å². The van der Waals surface area contributed by atoms with Crippen molar-refractivity contribution in [3.05, 3.63) is 81.7 Å². The minimum absolute atomic E-state index is 0.198. The first-order chi connectivity index (χ1) is 26.0. The lowest BCUT2D eigenvalue weighted by molar-refractivity contribution is -0.144. The van der Waals surface area contributed by atoms with Crippen molar-refractivity contribution < 1.29 is 52.7 Å². The van der Waals surface area contributed by atoms with Crippen LogP contribution in [0, 0.1) is 45.3 Å². The van der Waals surface area contributed by atoms with E-state index in [1.807, 2.05) is 0 Å². The molecule has 282 valence electrons. The van der Waals surface area contributed by atoms with Crippen LogP contribution in [0.4, 0.5) is 52.7 Å². The molecule has 0 aliphatic rings. The number of nitriles is 4. The average Bonchev–Trinajstić information content (AvgIpc) is 3.60. The third-order valence-electron chi connectivity index (χ3n) is 8.85. The molecule has 0 radical (unpaired) electrons. The summed E-state index contributed by atoms with van der Waals surface area (Å²) in [6, 6.07) is 9.36. The molecule has 0 fully saturated rings. The van der Waals surface area contributed by atoms with Crippen LogP contribution in [-0.2, 0) is 38.8 Å². The lowest BCUT2D eigenvalue weighted by atomic mass is 9.86. The number of rotatable bonds is 2. The maximum atomic E-state index is 14.8. The van der Waals surface area contributed by atoms with E-state index in [-0.39, 0.29) is 23.2 Å². The van der Waals surface area contributed by atoms with Gasteiger partial charge in [0.2, 0.25) is 0 Å². The number of benzene rings is 4. The molecule has 0 aliphatic heterocycles. The van der Waals surface area contributed by atoms with E-state index < -0.39 is 113 Å². The zero-order valence-electron chi connectivity index (χ0n) is 27.7. The molecule has 2 aromatic heterocycles. The van der Waals surface area contributed by atoms with Crippen molar-refractivity contribution in [3.8, 4) is 46.5 Å². The van der Waals surface area contributed by atoms with Crippen molar-refractivity contribution in [2.75, 3.05) is 0 Å². The van der Waals surface area contributed by atoms with Gasteiger partial charge in [-0.05, 0) is 58.3 Å². The van der Waals surface area contributed by atoms with Crippen LogP contribution in [0.25, 0.3) is 66.2 Å². The van der Waals surface area contributed by atoms with E-state index in [1.54, 1.807) is 24.3 Å². The maximum Gasteiger partial charge on any atom is 0.417 e. The van der Waals surface area contributed by atoms with Crippen molar-refractivity contribution in [3.63, 3.8) is 0 Å². The number of alkyl halides is 12. The lowest BCUT2D eigenvalue weighted by Gasteiger charge is -2.21. The average molecular weight is 787 g/mol. The molecule has 0 atom stereocenters. The molecule has 20 heteroatoms. The highest BCUT2D eigenvalue weighted by atomic mass is 19.4. The fourth-order valence-electron chi connectivity index (χ4n) is 6.52. The van der Waals surface area contributed by atoms with Crippen LogP contribution < -0.4 is 11.0 Å². The minimum Gasteiger partial charge on any atom is -0.325 e. The zero-order valence-corrected chi connectivity index (χ0v) is 27.7. The van der Waals surface area contributed by atoms with Crippen LogP contribution in [0.2, 0.25) is 0 Å². The summed E-state index contributed by atoms with van der Waals surface area (Å²) < 4.78 is 173. The van der Waals surface area contributed by atoms with Gasteiger partial charge in [0.05, 0.1) is 44.3 Å². The molecule has 8 nitrogen and oxygen atoms in total. The topological polar surface area (TPSA) is 131 Å². The van der Waals surface area contributed by atoms with Gasteiger partial charge >= 0.3 is 24.7 Å². The minimum atomic E-state index is -5.53. The Labute approximate surface area is 303 Å². The molecule has 6 rings (SSSR count). The van der Waals surface area contributed by atoms with E-state index in [2.05, 4.69) is 9.97 Å². The second kappa shape index (κ2) is 12.8. The van der Waals surface area contributed by atoms with Crippen LogP contribution in [0.3, 0.4) is 0 Å². The number of halogens is 12. The number of hydrogen-bond donors (Lipinski definition) is 0. The molecule has 4 aromatic carbocycles. The molecule has 6 aromatic rings. The van der Waals surface area contributed by atoms with E-state index in [9.17, 15) is 73.7 Å². The molecule has 0 N–H and O–H groups in total. The van der Waals surface area contributed by atoms with Gasteiger partial charge in [-0.1, -0.05) is 12.1 Å². The smallest absolute Gasteiger partial charge is 0.325 e. The van der Waals surface area contributed by atoms with Gasteiger partial charge in [0.25, 0.3) is 0 Å².